The Balaban J connectivity index is 1.45. The van der Waals surface area contributed by atoms with Gasteiger partial charge in [0, 0.05) is 19.5 Å². The fraction of sp³-hybridized carbons (Fsp3) is 0.533. The molecule has 2 fully saturated rings. The van der Waals surface area contributed by atoms with Gasteiger partial charge in [0.1, 0.15) is 11.6 Å². The number of carbonyl (C=O) groups excluding carboxylic acids is 2. The Morgan fingerprint density at radius 3 is 2.37 bits per heavy atom. The number of hydrogen-bond acceptors (Lipinski definition) is 5. The van der Waals surface area contributed by atoms with Gasteiger partial charge >= 0.3 is 6.09 Å². The summed E-state index contributed by atoms with van der Waals surface area (Å²) in [5.74, 6) is 0.835. The first-order valence-electron chi connectivity index (χ1n) is 13.4. The molecule has 1 heterocycles. The largest absolute Gasteiger partial charge is 0.497 e. The number of carbonyl (C=O) groups is 2. The molecule has 3 atom stereocenters. The Morgan fingerprint density at radius 1 is 1.05 bits per heavy atom. The maximum absolute atomic E-state index is 13.7. The first kappa shape index (κ1) is 27.9. The Morgan fingerprint density at radius 2 is 1.76 bits per heavy atom. The van der Waals surface area contributed by atoms with Gasteiger partial charge in [0.2, 0.25) is 5.91 Å². The van der Waals surface area contributed by atoms with E-state index in [4.69, 9.17) is 14.2 Å². The third-order valence-electron chi connectivity index (χ3n) is 8.06. The topological polar surface area (TPSA) is 68.3 Å². The third kappa shape index (κ3) is 6.46. The van der Waals surface area contributed by atoms with Crippen LogP contribution in [0.3, 0.4) is 0 Å². The highest BCUT2D eigenvalue weighted by Gasteiger charge is 2.46. The fourth-order valence-corrected chi connectivity index (χ4v) is 6.03. The van der Waals surface area contributed by atoms with Gasteiger partial charge in [0.25, 0.3) is 0 Å². The summed E-state index contributed by atoms with van der Waals surface area (Å²) in [6.45, 7) is 4.31. The SMILES string of the molecule is COC(=O)N1[C@H](C)C[C@H](N(Cc2ccc(OC)cc2)C(C)=O)[C@@H]1COC1CCC(c2cccc(F)c2)CC1. The van der Waals surface area contributed by atoms with E-state index < -0.39 is 6.09 Å². The molecule has 0 unspecified atom stereocenters. The van der Waals surface area contributed by atoms with Crippen LogP contribution in [0, 0.1) is 5.82 Å². The first-order chi connectivity index (χ1) is 18.3. The molecule has 206 valence electrons. The molecule has 38 heavy (non-hydrogen) atoms. The zero-order chi connectivity index (χ0) is 27.2. The number of hydrogen-bond donors (Lipinski definition) is 0. The smallest absolute Gasteiger partial charge is 0.410 e. The van der Waals surface area contributed by atoms with Crippen LogP contribution in [0.25, 0.3) is 0 Å². The average molecular weight is 527 g/mol. The maximum Gasteiger partial charge on any atom is 0.410 e. The van der Waals surface area contributed by atoms with Crippen molar-refractivity contribution in [2.45, 2.75) is 82.6 Å². The second kappa shape index (κ2) is 12.6. The van der Waals surface area contributed by atoms with Gasteiger partial charge in [0.15, 0.2) is 0 Å². The van der Waals surface area contributed by atoms with E-state index in [1.807, 2.05) is 42.2 Å². The summed E-state index contributed by atoms with van der Waals surface area (Å²) in [6.07, 6.45) is 3.89. The quantitative estimate of drug-likeness (QED) is 0.453. The summed E-state index contributed by atoms with van der Waals surface area (Å²) < 4.78 is 30.5. The van der Waals surface area contributed by atoms with Gasteiger partial charge in [-0.2, -0.15) is 0 Å². The molecule has 7 nitrogen and oxygen atoms in total. The van der Waals surface area contributed by atoms with Crippen LogP contribution in [0.4, 0.5) is 9.18 Å². The molecule has 1 aliphatic heterocycles. The van der Waals surface area contributed by atoms with Crippen LogP contribution >= 0.6 is 0 Å². The molecule has 0 radical (unpaired) electrons. The summed E-state index contributed by atoms with van der Waals surface area (Å²) >= 11 is 0. The minimum Gasteiger partial charge on any atom is -0.497 e. The molecule has 1 aliphatic carbocycles. The molecule has 0 aromatic heterocycles. The van der Waals surface area contributed by atoms with Crippen LogP contribution in [-0.2, 0) is 20.8 Å². The second-order valence-corrected chi connectivity index (χ2v) is 10.5. The van der Waals surface area contributed by atoms with Crippen molar-refractivity contribution in [1.29, 1.82) is 0 Å². The highest BCUT2D eigenvalue weighted by atomic mass is 19.1. The van der Waals surface area contributed by atoms with E-state index in [0.29, 0.717) is 25.5 Å². The molecular weight excluding hydrogens is 487 g/mol. The van der Waals surface area contributed by atoms with E-state index in [0.717, 1.165) is 42.6 Å². The van der Waals surface area contributed by atoms with Crippen molar-refractivity contribution in [3.05, 3.63) is 65.5 Å². The van der Waals surface area contributed by atoms with Gasteiger partial charge in [-0.1, -0.05) is 24.3 Å². The Hall–Kier alpha value is -3.13. The second-order valence-electron chi connectivity index (χ2n) is 10.5. The normalized spacial score (nSPS) is 25.2. The number of halogens is 1. The van der Waals surface area contributed by atoms with Gasteiger partial charge in [-0.3, -0.25) is 9.69 Å². The van der Waals surface area contributed by atoms with Crippen molar-refractivity contribution in [1.82, 2.24) is 9.80 Å². The first-order valence-corrected chi connectivity index (χ1v) is 13.4. The number of amides is 2. The molecule has 2 aromatic rings. The summed E-state index contributed by atoms with van der Waals surface area (Å²) in [7, 11) is 3.00. The predicted octanol–water partition coefficient (Wildman–Crippen LogP) is 5.52. The fourth-order valence-electron chi connectivity index (χ4n) is 6.03. The molecule has 2 amide bonds. The van der Waals surface area contributed by atoms with Crippen LogP contribution in [0.5, 0.6) is 5.75 Å². The Bertz CT molecular complexity index is 1090. The van der Waals surface area contributed by atoms with Crippen LogP contribution in [-0.4, -0.2) is 66.9 Å². The Kier molecular flexibility index (Phi) is 9.26. The van der Waals surface area contributed by atoms with Crippen molar-refractivity contribution in [3.63, 3.8) is 0 Å². The van der Waals surface area contributed by atoms with Crippen molar-refractivity contribution in [3.8, 4) is 5.75 Å². The van der Waals surface area contributed by atoms with E-state index in [2.05, 4.69) is 0 Å². The Labute approximate surface area is 224 Å². The standard InChI is InChI=1S/C30H39FN2O5/c1-20-16-28(32(21(2)34)18-22-8-12-26(36-3)13-9-22)29(33(20)30(35)37-4)19-38-27-14-10-23(11-15-27)24-6-5-7-25(31)17-24/h5-9,12-13,17,20,23,27-29H,10-11,14-16,18-19H2,1-4H3/t20-,23?,27?,28+,29+/m1/s1. The molecule has 2 aromatic carbocycles. The minimum atomic E-state index is -0.406. The lowest BCUT2D eigenvalue weighted by Crippen LogP contribution is -2.51. The predicted molar refractivity (Wildman–Crippen MR) is 142 cm³/mol. The number of methoxy groups -OCH3 is 2. The number of ether oxygens (including phenoxy) is 3. The van der Waals surface area contributed by atoms with Gasteiger partial charge in [-0.25, -0.2) is 9.18 Å². The van der Waals surface area contributed by atoms with Crippen LogP contribution in [0.2, 0.25) is 0 Å². The molecule has 1 saturated carbocycles. The highest BCUT2D eigenvalue weighted by molar-refractivity contribution is 5.74. The molecule has 1 saturated heterocycles. The number of rotatable bonds is 8. The lowest BCUT2D eigenvalue weighted by atomic mass is 9.82. The third-order valence-corrected chi connectivity index (χ3v) is 8.06. The monoisotopic (exact) mass is 526 g/mol. The van der Waals surface area contributed by atoms with Crippen molar-refractivity contribution in [2.75, 3.05) is 20.8 Å². The average Bonchev–Trinajstić information content (AvgIpc) is 3.25. The summed E-state index contributed by atoms with van der Waals surface area (Å²) in [5.41, 5.74) is 2.03. The van der Waals surface area contributed by atoms with Crippen molar-refractivity contribution >= 4 is 12.0 Å². The maximum atomic E-state index is 13.7. The highest BCUT2D eigenvalue weighted by Crippen LogP contribution is 2.36. The zero-order valence-electron chi connectivity index (χ0n) is 22.8. The summed E-state index contributed by atoms with van der Waals surface area (Å²) in [5, 5.41) is 0. The number of nitrogens with zero attached hydrogens (tertiary/aromatic N) is 2. The van der Waals surface area contributed by atoms with E-state index in [-0.39, 0.29) is 36.0 Å². The van der Waals surface area contributed by atoms with Crippen molar-refractivity contribution < 1.29 is 28.2 Å². The van der Waals surface area contributed by atoms with Gasteiger partial charge in [0.05, 0.1) is 39.0 Å². The molecule has 2 aliphatic rings. The lowest BCUT2D eigenvalue weighted by molar-refractivity contribution is -0.133. The summed E-state index contributed by atoms with van der Waals surface area (Å²) in [6, 6.07) is 13.9. The zero-order valence-corrected chi connectivity index (χ0v) is 22.8. The van der Waals surface area contributed by atoms with Crippen LogP contribution in [0.15, 0.2) is 48.5 Å². The van der Waals surface area contributed by atoms with Gasteiger partial charge in [-0.05, 0) is 80.3 Å². The molecule has 0 spiro atoms. The lowest BCUT2D eigenvalue weighted by Gasteiger charge is -2.36. The van der Waals surface area contributed by atoms with Gasteiger partial charge < -0.3 is 19.1 Å². The van der Waals surface area contributed by atoms with E-state index in [1.54, 1.807) is 31.1 Å². The van der Waals surface area contributed by atoms with E-state index in [1.165, 1.54) is 13.2 Å². The molecule has 4 rings (SSSR count). The van der Waals surface area contributed by atoms with Crippen LogP contribution < -0.4 is 4.74 Å². The minimum absolute atomic E-state index is 0.0506. The molecule has 8 heteroatoms. The molecule has 0 N–H and O–H groups in total. The number of benzene rings is 2. The number of likely N-dealkylation sites (tertiary alicyclic amines) is 1. The molecule has 0 bridgehead atoms. The van der Waals surface area contributed by atoms with Gasteiger partial charge in [-0.15, -0.1) is 0 Å². The molecular formula is C30H39FN2O5. The van der Waals surface area contributed by atoms with Crippen molar-refractivity contribution in [2.24, 2.45) is 0 Å². The van der Waals surface area contributed by atoms with E-state index in [9.17, 15) is 14.0 Å². The van der Waals surface area contributed by atoms with E-state index >= 15 is 0 Å². The van der Waals surface area contributed by atoms with Crippen LogP contribution in [0.1, 0.15) is 63.0 Å². The summed E-state index contributed by atoms with van der Waals surface area (Å²) in [4.78, 5) is 29.2.